The lowest BCUT2D eigenvalue weighted by Crippen LogP contribution is -2.01. The van der Waals surface area contributed by atoms with Gasteiger partial charge < -0.3 is 14.2 Å². The number of hydrogen-bond acceptors (Lipinski definition) is 8. The van der Waals surface area contributed by atoms with Gasteiger partial charge in [-0.1, -0.05) is 11.8 Å². The van der Waals surface area contributed by atoms with Crippen LogP contribution in [-0.4, -0.2) is 47.3 Å². The Balaban J connectivity index is 1.86. The van der Waals surface area contributed by atoms with Crippen LogP contribution in [0.3, 0.4) is 0 Å². The molecular formula is C19H20N4O4S. The average molecular weight is 400 g/mol. The second kappa shape index (κ2) is 8.75. The molecule has 0 N–H and O–H groups in total. The lowest BCUT2D eigenvalue weighted by Gasteiger charge is -2.11. The topological polar surface area (TPSA) is 88.4 Å². The Hall–Kier alpha value is -3.07. The van der Waals surface area contributed by atoms with E-state index in [0.717, 1.165) is 11.3 Å². The second-order valence-corrected chi connectivity index (χ2v) is 6.73. The Morgan fingerprint density at radius 2 is 1.71 bits per heavy atom. The summed E-state index contributed by atoms with van der Waals surface area (Å²) in [6.07, 6.45) is 0. The Kier molecular flexibility index (Phi) is 6.15. The first-order valence-corrected chi connectivity index (χ1v) is 9.37. The van der Waals surface area contributed by atoms with Gasteiger partial charge in [-0.2, -0.15) is 4.68 Å². The summed E-state index contributed by atoms with van der Waals surface area (Å²) in [5.41, 5.74) is 2.27. The predicted octanol–water partition coefficient (Wildman–Crippen LogP) is 3.18. The quantitative estimate of drug-likeness (QED) is 0.421. The molecule has 8 nitrogen and oxygen atoms in total. The molecule has 0 amide bonds. The van der Waals surface area contributed by atoms with E-state index in [-0.39, 0.29) is 5.78 Å². The molecule has 1 aromatic heterocycles. The van der Waals surface area contributed by atoms with Crippen molar-refractivity contribution in [3.8, 4) is 22.9 Å². The summed E-state index contributed by atoms with van der Waals surface area (Å²) in [6, 6.07) is 10.8. The van der Waals surface area contributed by atoms with E-state index in [4.69, 9.17) is 14.2 Å². The van der Waals surface area contributed by atoms with E-state index in [1.54, 1.807) is 50.3 Å². The highest BCUT2D eigenvalue weighted by atomic mass is 32.2. The fourth-order valence-corrected chi connectivity index (χ4v) is 3.51. The van der Waals surface area contributed by atoms with Gasteiger partial charge in [0.1, 0.15) is 5.75 Å². The van der Waals surface area contributed by atoms with E-state index < -0.39 is 0 Å². The van der Waals surface area contributed by atoms with Gasteiger partial charge in [0.2, 0.25) is 5.16 Å². The number of rotatable bonds is 8. The van der Waals surface area contributed by atoms with E-state index in [2.05, 4.69) is 15.5 Å². The maximum absolute atomic E-state index is 11.7. The van der Waals surface area contributed by atoms with Crippen LogP contribution in [0.25, 0.3) is 5.69 Å². The average Bonchev–Trinajstić information content (AvgIpc) is 3.19. The van der Waals surface area contributed by atoms with Gasteiger partial charge in [0.15, 0.2) is 17.3 Å². The highest BCUT2D eigenvalue weighted by molar-refractivity contribution is 7.98. The summed E-state index contributed by atoms with van der Waals surface area (Å²) in [5, 5.41) is 12.6. The van der Waals surface area contributed by atoms with Crippen LogP contribution in [-0.2, 0) is 5.75 Å². The third-order valence-corrected chi connectivity index (χ3v) is 5.06. The Morgan fingerprint density at radius 3 is 2.39 bits per heavy atom. The van der Waals surface area contributed by atoms with Crippen molar-refractivity contribution >= 4 is 17.5 Å². The van der Waals surface area contributed by atoms with E-state index in [9.17, 15) is 4.79 Å². The van der Waals surface area contributed by atoms with Gasteiger partial charge in [-0.3, -0.25) is 4.79 Å². The molecule has 0 aliphatic carbocycles. The van der Waals surface area contributed by atoms with E-state index in [0.29, 0.717) is 33.7 Å². The molecule has 0 aliphatic heterocycles. The third-order valence-electron chi connectivity index (χ3n) is 4.10. The van der Waals surface area contributed by atoms with Crippen LogP contribution in [0.15, 0.2) is 41.6 Å². The second-order valence-electron chi connectivity index (χ2n) is 5.78. The number of Topliss-reactive ketones (excluding diaryl/α,β-unsaturated/α-hetero) is 1. The molecular weight excluding hydrogens is 380 g/mol. The van der Waals surface area contributed by atoms with Gasteiger partial charge in [0.05, 0.1) is 27.0 Å². The van der Waals surface area contributed by atoms with Crippen molar-refractivity contribution in [1.29, 1.82) is 0 Å². The number of ether oxygens (including phenoxy) is 3. The van der Waals surface area contributed by atoms with Crippen LogP contribution in [0, 0.1) is 0 Å². The molecule has 0 unspecified atom stereocenters. The first kappa shape index (κ1) is 19.7. The monoisotopic (exact) mass is 400 g/mol. The molecule has 0 atom stereocenters. The zero-order valence-electron chi connectivity index (χ0n) is 16.0. The molecule has 3 aromatic rings. The van der Waals surface area contributed by atoms with Crippen LogP contribution >= 0.6 is 11.8 Å². The molecule has 1 heterocycles. The first-order chi connectivity index (χ1) is 13.6. The minimum atomic E-state index is 0.00376. The fourth-order valence-electron chi connectivity index (χ4n) is 2.64. The molecule has 3 rings (SSSR count). The molecule has 9 heteroatoms. The summed E-state index contributed by atoms with van der Waals surface area (Å²) in [7, 11) is 4.76. The highest BCUT2D eigenvalue weighted by Gasteiger charge is 2.14. The van der Waals surface area contributed by atoms with Crippen molar-refractivity contribution in [2.45, 2.75) is 17.8 Å². The van der Waals surface area contributed by atoms with Crippen LogP contribution < -0.4 is 14.2 Å². The molecule has 146 valence electrons. The SMILES string of the molecule is COc1ccc(C(C)=O)cc1CSc1nnnn1-c1ccc(OC)c(OC)c1. The zero-order chi connectivity index (χ0) is 20.1. The number of carbonyl (C=O) groups is 1. The van der Waals surface area contributed by atoms with Gasteiger partial charge >= 0.3 is 0 Å². The van der Waals surface area contributed by atoms with Crippen LogP contribution in [0.1, 0.15) is 22.8 Å². The number of benzene rings is 2. The zero-order valence-corrected chi connectivity index (χ0v) is 16.8. The summed E-state index contributed by atoms with van der Waals surface area (Å²) in [4.78, 5) is 11.7. The van der Waals surface area contributed by atoms with Gasteiger partial charge in [-0.05, 0) is 47.7 Å². The Bertz CT molecular complexity index is 990. The van der Waals surface area contributed by atoms with Gasteiger partial charge in [0, 0.05) is 22.9 Å². The number of aromatic nitrogens is 4. The van der Waals surface area contributed by atoms with E-state index >= 15 is 0 Å². The first-order valence-electron chi connectivity index (χ1n) is 8.38. The number of carbonyl (C=O) groups excluding carboxylic acids is 1. The number of nitrogens with zero attached hydrogens (tertiary/aromatic N) is 4. The summed E-state index contributed by atoms with van der Waals surface area (Å²) >= 11 is 1.44. The maximum Gasteiger partial charge on any atom is 0.214 e. The van der Waals surface area contributed by atoms with Gasteiger partial charge in [-0.15, -0.1) is 5.10 Å². The normalized spacial score (nSPS) is 10.6. The number of methoxy groups -OCH3 is 3. The molecule has 0 spiro atoms. The van der Waals surface area contributed by atoms with Crippen molar-refractivity contribution in [1.82, 2.24) is 20.2 Å². The fraction of sp³-hybridized carbons (Fsp3) is 0.263. The number of hydrogen-bond donors (Lipinski definition) is 0. The molecule has 0 saturated carbocycles. The van der Waals surface area contributed by atoms with Crippen LogP contribution in [0.2, 0.25) is 0 Å². The van der Waals surface area contributed by atoms with Crippen molar-refractivity contribution in [2.24, 2.45) is 0 Å². The Morgan fingerprint density at radius 1 is 1.00 bits per heavy atom. The van der Waals surface area contributed by atoms with Crippen molar-refractivity contribution in [2.75, 3.05) is 21.3 Å². The molecule has 2 aromatic carbocycles. The molecule has 0 radical (unpaired) electrons. The van der Waals surface area contributed by atoms with Gasteiger partial charge in [-0.25, -0.2) is 0 Å². The standard InChI is InChI=1S/C19H20N4O4S/c1-12(24)13-5-7-16(25-2)14(9-13)11-28-19-20-21-22-23(19)15-6-8-17(26-3)18(10-15)27-4/h5-10H,11H2,1-4H3. The van der Waals surface area contributed by atoms with Crippen molar-refractivity contribution in [3.05, 3.63) is 47.5 Å². The van der Waals surface area contributed by atoms with Crippen molar-refractivity contribution in [3.63, 3.8) is 0 Å². The number of tetrazole rings is 1. The van der Waals surface area contributed by atoms with Crippen LogP contribution in [0.4, 0.5) is 0 Å². The molecule has 0 fully saturated rings. The summed E-state index contributed by atoms with van der Waals surface area (Å²) < 4.78 is 17.6. The smallest absolute Gasteiger partial charge is 0.214 e. The van der Waals surface area contributed by atoms with E-state index in [1.807, 2.05) is 12.1 Å². The molecule has 28 heavy (non-hydrogen) atoms. The van der Waals surface area contributed by atoms with Crippen LogP contribution in [0.5, 0.6) is 17.2 Å². The third kappa shape index (κ3) is 4.09. The van der Waals surface area contributed by atoms with E-state index in [1.165, 1.54) is 18.7 Å². The lowest BCUT2D eigenvalue weighted by atomic mass is 10.1. The summed E-state index contributed by atoms with van der Waals surface area (Å²) in [6.45, 7) is 1.54. The highest BCUT2D eigenvalue weighted by Crippen LogP contribution is 2.32. The number of thioether (sulfide) groups is 1. The minimum absolute atomic E-state index is 0.00376. The number of ketones is 1. The molecule has 0 bridgehead atoms. The molecule has 0 aliphatic rings. The van der Waals surface area contributed by atoms with Crippen molar-refractivity contribution < 1.29 is 19.0 Å². The van der Waals surface area contributed by atoms with Gasteiger partial charge in [0.25, 0.3) is 0 Å². The molecule has 0 saturated heterocycles. The largest absolute Gasteiger partial charge is 0.496 e. The predicted molar refractivity (Wildman–Crippen MR) is 105 cm³/mol. The lowest BCUT2D eigenvalue weighted by molar-refractivity contribution is 0.101. The Labute approximate surface area is 166 Å². The summed E-state index contributed by atoms with van der Waals surface area (Å²) in [5.74, 6) is 2.46. The minimum Gasteiger partial charge on any atom is -0.496 e. The maximum atomic E-state index is 11.7.